The van der Waals surface area contributed by atoms with Crippen molar-refractivity contribution in [3.63, 3.8) is 0 Å². The van der Waals surface area contributed by atoms with Crippen molar-refractivity contribution in [2.24, 2.45) is 0 Å². The smallest absolute Gasteiger partial charge is 0.326 e. The van der Waals surface area contributed by atoms with Gasteiger partial charge in [0.2, 0.25) is 5.91 Å². The van der Waals surface area contributed by atoms with Crippen molar-refractivity contribution < 1.29 is 24.2 Å². The number of hydrogen-bond acceptors (Lipinski definition) is 4. The van der Waals surface area contributed by atoms with Gasteiger partial charge in [-0.3, -0.25) is 14.5 Å². The molecule has 1 atom stereocenters. The number of amides is 3. The molecule has 0 spiro atoms. The summed E-state index contributed by atoms with van der Waals surface area (Å²) in [6, 6.07) is 19.1. The number of nitrogens with one attached hydrogen (secondary N) is 1. The number of carboxylic acid groups (broad SMARTS) is 1. The van der Waals surface area contributed by atoms with Crippen molar-refractivity contribution >= 4 is 35.0 Å². The van der Waals surface area contributed by atoms with E-state index in [1.165, 1.54) is 0 Å². The Morgan fingerprint density at radius 1 is 0.951 bits per heavy atom. The zero-order valence-corrected chi connectivity index (χ0v) is 23.7. The van der Waals surface area contributed by atoms with Crippen LogP contribution in [0.4, 0.5) is 21.9 Å². The van der Waals surface area contributed by atoms with E-state index in [0.29, 0.717) is 24.5 Å². The maximum atomic E-state index is 13.4. The quantitative estimate of drug-likeness (QED) is 0.312. The number of hydrogen-bond donors (Lipinski definition) is 2. The number of fused-ring (bicyclic) bond motifs is 2. The minimum atomic E-state index is -0.786. The minimum Gasteiger partial charge on any atom is -0.495 e. The number of benzene rings is 3. The predicted molar refractivity (Wildman–Crippen MR) is 160 cm³/mol. The molecule has 3 aromatic rings. The summed E-state index contributed by atoms with van der Waals surface area (Å²) in [6.45, 7) is 3.33. The molecule has 2 heterocycles. The van der Waals surface area contributed by atoms with E-state index in [0.717, 1.165) is 65.7 Å². The van der Waals surface area contributed by atoms with Crippen LogP contribution in [0.25, 0.3) is 0 Å². The fraction of sp³-hybridized carbons (Fsp3) is 0.364. The number of nitrogens with zero attached hydrogens (tertiary/aromatic N) is 2. The van der Waals surface area contributed by atoms with Crippen molar-refractivity contribution in [1.82, 2.24) is 0 Å². The zero-order chi connectivity index (χ0) is 28.9. The number of carbonyl (C=O) groups excluding carboxylic acids is 2. The van der Waals surface area contributed by atoms with Crippen LogP contribution in [0, 0.1) is 0 Å². The van der Waals surface area contributed by atoms with Crippen LogP contribution in [0.5, 0.6) is 5.75 Å². The minimum absolute atomic E-state index is 0.0166. The fourth-order valence-corrected chi connectivity index (χ4v) is 5.93. The van der Waals surface area contributed by atoms with Crippen LogP contribution in [0.3, 0.4) is 0 Å². The lowest BCUT2D eigenvalue weighted by Gasteiger charge is -2.21. The highest BCUT2D eigenvalue weighted by molar-refractivity contribution is 6.04. The Bertz CT molecular complexity index is 1450. The van der Waals surface area contributed by atoms with Crippen LogP contribution in [0.2, 0.25) is 0 Å². The number of carboxylic acids is 1. The number of aliphatic carboxylic acids is 1. The summed E-state index contributed by atoms with van der Waals surface area (Å²) in [7, 11) is 1.55. The van der Waals surface area contributed by atoms with Crippen LogP contribution in [0.15, 0.2) is 60.7 Å². The molecule has 0 saturated heterocycles. The van der Waals surface area contributed by atoms with E-state index in [9.17, 15) is 19.5 Å². The molecule has 3 amide bonds. The predicted octanol–water partition coefficient (Wildman–Crippen LogP) is 6.17. The van der Waals surface area contributed by atoms with Crippen molar-refractivity contribution in [3.05, 3.63) is 82.9 Å². The Hall–Kier alpha value is -4.33. The molecule has 8 nitrogen and oxygen atoms in total. The summed E-state index contributed by atoms with van der Waals surface area (Å²) in [5.74, 6) is -0.323. The highest BCUT2D eigenvalue weighted by Gasteiger charge is 2.27. The number of anilines is 3. The lowest BCUT2D eigenvalue weighted by atomic mass is 9.89. The molecule has 2 aliphatic heterocycles. The van der Waals surface area contributed by atoms with Gasteiger partial charge in [-0.25, -0.2) is 4.79 Å². The molecular formula is C33H37N3O5. The highest BCUT2D eigenvalue weighted by Crippen LogP contribution is 2.35. The number of carbonyl (C=O) groups is 3. The van der Waals surface area contributed by atoms with E-state index in [2.05, 4.69) is 18.3 Å². The van der Waals surface area contributed by atoms with Crippen molar-refractivity contribution in [3.8, 4) is 5.75 Å². The summed E-state index contributed by atoms with van der Waals surface area (Å²) < 4.78 is 5.57. The molecule has 3 aromatic carbocycles. The summed E-state index contributed by atoms with van der Waals surface area (Å²) in [5, 5.41) is 12.4. The SMILES string of the molecule is CCCC[C@H](CC(=O)O)c1ccc2c(c1)CCN2C(=O)Cc1ccc(NC(=O)N2CCc3ccccc32)c(OC)c1. The number of methoxy groups -OCH3 is 1. The lowest BCUT2D eigenvalue weighted by molar-refractivity contribution is -0.137. The van der Waals surface area contributed by atoms with Gasteiger partial charge < -0.3 is 20.1 Å². The maximum Gasteiger partial charge on any atom is 0.326 e. The lowest BCUT2D eigenvalue weighted by Crippen LogP contribution is -2.33. The second-order valence-corrected chi connectivity index (χ2v) is 10.8. The zero-order valence-electron chi connectivity index (χ0n) is 23.7. The fourth-order valence-electron chi connectivity index (χ4n) is 5.93. The first-order valence-corrected chi connectivity index (χ1v) is 14.4. The summed E-state index contributed by atoms with van der Waals surface area (Å²) in [4.78, 5) is 41.4. The number of rotatable bonds is 10. The van der Waals surface area contributed by atoms with Crippen LogP contribution in [-0.2, 0) is 28.9 Å². The third kappa shape index (κ3) is 6.21. The van der Waals surface area contributed by atoms with E-state index in [-0.39, 0.29) is 30.7 Å². The molecule has 2 aliphatic rings. The first-order valence-electron chi connectivity index (χ1n) is 14.4. The van der Waals surface area contributed by atoms with Crippen molar-refractivity contribution in [2.45, 2.75) is 57.8 Å². The standard InChI is InChI=1S/C33H37N3O5/c1-3-4-7-24(21-32(38)39)25-11-13-29-26(20-25)15-16-35(29)31(37)19-22-10-12-27(30(18-22)41-2)34-33(40)36-17-14-23-8-5-6-9-28(23)36/h5-6,8-13,18,20,24H,3-4,7,14-17,19,21H2,1-2H3,(H,34,40)(H,38,39)/t24-/m1/s1. The van der Waals surface area contributed by atoms with E-state index in [4.69, 9.17) is 4.74 Å². The Morgan fingerprint density at radius 2 is 1.71 bits per heavy atom. The molecule has 5 rings (SSSR count). The van der Waals surface area contributed by atoms with Crippen LogP contribution in [-0.4, -0.2) is 43.2 Å². The van der Waals surface area contributed by atoms with Crippen molar-refractivity contribution in [1.29, 1.82) is 0 Å². The van der Waals surface area contributed by atoms with Gasteiger partial charge >= 0.3 is 12.0 Å². The second kappa shape index (κ2) is 12.5. The normalized spacial score (nSPS) is 14.4. The summed E-state index contributed by atoms with van der Waals surface area (Å²) in [5.41, 5.74) is 6.43. The van der Waals surface area contributed by atoms with Crippen LogP contribution >= 0.6 is 0 Å². The third-order valence-corrected chi connectivity index (χ3v) is 8.09. The topological polar surface area (TPSA) is 99.2 Å². The highest BCUT2D eigenvalue weighted by atomic mass is 16.5. The van der Waals surface area contributed by atoms with Gasteiger partial charge in [0.25, 0.3) is 0 Å². The molecule has 41 heavy (non-hydrogen) atoms. The third-order valence-electron chi connectivity index (χ3n) is 8.09. The Balaban J connectivity index is 1.26. The molecule has 0 bridgehead atoms. The Labute approximate surface area is 240 Å². The summed E-state index contributed by atoms with van der Waals surface area (Å²) in [6.07, 6.45) is 4.73. The number of urea groups is 1. The molecule has 0 unspecified atom stereocenters. The summed E-state index contributed by atoms with van der Waals surface area (Å²) >= 11 is 0. The van der Waals surface area contributed by atoms with Gasteiger partial charge in [-0.1, -0.05) is 56.2 Å². The Morgan fingerprint density at radius 3 is 2.49 bits per heavy atom. The first-order chi connectivity index (χ1) is 19.9. The first kappa shape index (κ1) is 28.2. The average Bonchev–Trinajstić information content (AvgIpc) is 3.60. The van der Waals surface area contributed by atoms with Crippen LogP contribution < -0.4 is 19.9 Å². The molecular weight excluding hydrogens is 518 g/mol. The van der Waals surface area contributed by atoms with Gasteiger partial charge in [0.05, 0.1) is 25.6 Å². The molecule has 2 N–H and O–H groups in total. The molecule has 0 aromatic heterocycles. The Kier molecular flexibility index (Phi) is 8.57. The van der Waals surface area contributed by atoms with Gasteiger partial charge in [-0.05, 0) is 71.7 Å². The second-order valence-electron chi connectivity index (χ2n) is 10.8. The van der Waals surface area contributed by atoms with Gasteiger partial charge in [0.15, 0.2) is 0 Å². The number of para-hydroxylation sites is 1. The van der Waals surface area contributed by atoms with Gasteiger partial charge in [0, 0.05) is 24.5 Å². The van der Waals surface area contributed by atoms with Gasteiger partial charge in [0.1, 0.15) is 5.75 Å². The molecule has 8 heteroatoms. The molecule has 0 aliphatic carbocycles. The molecule has 0 radical (unpaired) electrons. The van der Waals surface area contributed by atoms with E-state index in [1.807, 2.05) is 47.4 Å². The van der Waals surface area contributed by atoms with E-state index in [1.54, 1.807) is 24.1 Å². The molecule has 0 fully saturated rings. The number of ether oxygens (including phenoxy) is 1. The monoisotopic (exact) mass is 555 g/mol. The number of unbranched alkanes of at least 4 members (excludes halogenated alkanes) is 1. The largest absolute Gasteiger partial charge is 0.495 e. The van der Waals surface area contributed by atoms with Crippen molar-refractivity contribution in [2.75, 3.05) is 35.3 Å². The maximum absolute atomic E-state index is 13.4. The van der Waals surface area contributed by atoms with E-state index >= 15 is 0 Å². The molecule has 0 saturated carbocycles. The average molecular weight is 556 g/mol. The van der Waals surface area contributed by atoms with E-state index < -0.39 is 5.97 Å². The molecule has 214 valence electrons. The van der Waals surface area contributed by atoms with Crippen LogP contribution in [0.1, 0.15) is 60.8 Å². The van der Waals surface area contributed by atoms with Gasteiger partial charge in [-0.15, -0.1) is 0 Å². The van der Waals surface area contributed by atoms with Gasteiger partial charge in [-0.2, -0.15) is 0 Å².